The van der Waals surface area contributed by atoms with Crippen LogP contribution in [0.15, 0.2) is 11.6 Å². The van der Waals surface area contributed by atoms with Crippen LogP contribution in [-0.2, 0) is 6.42 Å². The highest BCUT2D eigenvalue weighted by atomic mass is 32.1. The molecule has 8 heteroatoms. The first-order chi connectivity index (χ1) is 8.81. The summed E-state index contributed by atoms with van der Waals surface area (Å²) in [7, 11) is 2.99. The average molecular weight is 267 g/mol. The van der Waals surface area contributed by atoms with Crippen LogP contribution >= 0.6 is 11.3 Å². The minimum Gasteiger partial charge on any atom is -0.467 e. The number of nitrogens with zero attached hydrogens (tertiary/aromatic N) is 4. The van der Waals surface area contributed by atoms with Gasteiger partial charge in [0.2, 0.25) is 5.95 Å². The van der Waals surface area contributed by atoms with Crippen molar-refractivity contribution >= 4 is 17.3 Å². The largest absolute Gasteiger partial charge is 0.467 e. The Balaban J connectivity index is 1.95. The molecular weight excluding hydrogens is 254 g/mol. The fraction of sp³-hybridized carbons (Fsp3) is 0.400. The summed E-state index contributed by atoms with van der Waals surface area (Å²) in [6.07, 6.45) is 2.60. The van der Waals surface area contributed by atoms with Crippen molar-refractivity contribution in [2.24, 2.45) is 0 Å². The topological polar surface area (TPSA) is 82.0 Å². The highest BCUT2D eigenvalue weighted by molar-refractivity contribution is 7.09. The van der Waals surface area contributed by atoms with E-state index in [4.69, 9.17) is 9.47 Å². The van der Waals surface area contributed by atoms with Gasteiger partial charge in [0, 0.05) is 24.5 Å². The summed E-state index contributed by atoms with van der Waals surface area (Å²) in [5.41, 5.74) is 0. The zero-order valence-electron chi connectivity index (χ0n) is 10.1. The zero-order chi connectivity index (χ0) is 12.8. The second kappa shape index (κ2) is 6.10. The molecule has 0 aliphatic carbocycles. The Hall–Kier alpha value is -1.96. The van der Waals surface area contributed by atoms with Gasteiger partial charge < -0.3 is 14.8 Å². The SMILES string of the molecule is COc1nc(NCCc2nccs2)nc(OC)n1. The van der Waals surface area contributed by atoms with Crippen LogP contribution in [0.3, 0.4) is 0 Å². The van der Waals surface area contributed by atoms with Crippen LogP contribution in [0.2, 0.25) is 0 Å². The number of hydrogen-bond donors (Lipinski definition) is 1. The van der Waals surface area contributed by atoms with E-state index in [2.05, 4.69) is 25.3 Å². The normalized spacial score (nSPS) is 10.1. The number of methoxy groups -OCH3 is 2. The Morgan fingerprint density at radius 2 is 1.89 bits per heavy atom. The van der Waals surface area contributed by atoms with Crippen molar-refractivity contribution in [3.05, 3.63) is 16.6 Å². The fourth-order valence-corrected chi connectivity index (χ4v) is 1.88. The lowest BCUT2D eigenvalue weighted by Gasteiger charge is -2.06. The molecule has 0 amide bonds. The predicted molar refractivity (Wildman–Crippen MR) is 67.2 cm³/mol. The number of ether oxygens (including phenoxy) is 2. The number of thiazole rings is 1. The van der Waals surface area contributed by atoms with E-state index >= 15 is 0 Å². The monoisotopic (exact) mass is 267 g/mol. The van der Waals surface area contributed by atoms with Gasteiger partial charge in [-0.2, -0.15) is 9.97 Å². The summed E-state index contributed by atoms with van der Waals surface area (Å²) in [5.74, 6) is 0.426. The van der Waals surface area contributed by atoms with Gasteiger partial charge in [0.1, 0.15) is 0 Å². The summed E-state index contributed by atoms with van der Waals surface area (Å²) in [6, 6.07) is 0.442. The Kier molecular flexibility index (Phi) is 4.24. The predicted octanol–water partition coefficient (Wildman–Crippen LogP) is 1.000. The van der Waals surface area contributed by atoms with Crippen molar-refractivity contribution < 1.29 is 9.47 Å². The molecule has 96 valence electrons. The van der Waals surface area contributed by atoms with Crippen LogP contribution in [0.1, 0.15) is 5.01 Å². The van der Waals surface area contributed by atoms with Crippen molar-refractivity contribution in [2.75, 3.05) is 26.1 Å². The van der Waals surface area contributed by atoms with E-state index in [1.165, 1.54) is 14.2 Å². The van der Waals surface area contributed by atoms with Crippen LogP contribution in [0, 0.1) is 0 Å². The molecular formula is C10H13N5O2S. The molecule has 2 aromatic heterocycles. The van der Waals surface area contributed by atoms with Crippen molar-refractivity contribution in [1.29, 1.82) is 0 Å². The van der Waals surface area contributed by atoms with Gasteiger partial charge in [0.05, 0.1) is 19.2 Å². The van der Waals surface area contributed by atoms with E-state index in [-0.39, 0.29) is 12.0 Å². The third-order valence-electron chi connectivity index (χ3n) is 2.06. The second-order valence-electron chi connectivity index (χ2n) is 3.24. The molecule has 0 saturated carbocycles. The number of nitrogens with one attached hydrogen (secondary N) is 1. The number of anilines is 1. The van der Waals surface area contributed by atoms with Crippen LogP contribution < -0.4 is 14.8 Å². The summed E-state index contributed by atoms with van der Waals surface area (Å²) in [5, 5.41) is 6.09. The zero-order valence-corrected chi connectivity index (χ0v) is 10.9. The summed E-state index contributed by atoms with van der Waals surface area (Å²) >= 11 is 1.62. The molecule has 0 radical (unpaired) electrons. The number of rotatable bonds is 6. The molecule has 1 N–H and O–H groups in total. The maximum Gasteiger partial charge on any atom is 0.324 e. The number of hydrogen-bond acceptors (Lipinski definition) is 8. The summed E-state index contributed by atoms with van der Waals surface area (Å²) < 4.78 is 9.91. The van der Waals surface area contributed by atoms with Crippen LogP contribution in [0.4, 0.5) is 5.95 Å². The Morgan fingerprint density at radius 3 is 2.44 bits per heavy atom. The molecule has 2 aromatic rings. The van der Waals surface area contributed by atoms with Gasteiger partial charge in [-0.05, 0) is 0 Å². The lowest BCUT2D eigenvalue weighted by Crippen LogP contribution is -2.10. The number of aromatic nitrogens is 4. The minimum absolute atomic E-state index is 0.221. The molecule has 0 spiro atoms. The maximum atomic E-state index is 4.96. The molecule has 0 aromatic carbocycles. The minimum atomic E-state index is 0.221. The molecule has 0 unspecified atom stereocenters. The van der Waals surface area contributed by atoms with Gasteiger partial charge in [0.25, 0.3) is 0 Å². The Labute approximate surface area is 108 Å². The molecule has 0 bridgehead atoms. The Bertz CT molecular complexity index is 469. The quantitative estimate of drug-likeness (QED) is 0.836. The fourth-order valence-electron chi connectivity index (χ4n) is 1.26. The Morgan fingerprint density at radius 1 is 1.17 bits per heavy atom. The molecule has 0 fully saturated rings. The van der Waals surface area contributed by atoms with Gasteiger partial charge in [-0.15, -0.1) is 16.3 Å². The molecule has 2 rings (SSSR count). The van der Waals surface area contributed by atoms with E-state index < -0.39 is 0 Å². The van der Waals surface area contributed by atoms with Gasteiger partial charge in [-0.1, -0.05) is 0 Å². The third kappa shape index (κ3) is 3.27. The van der Waals surface area contributed by atoms with Gasteiger partial charge in [0.15, 0.2) is 0 Å². The standard InChI is InChI=1S/C10H13N5O2S/c1-16-9-13-8(14-10(15-9)17-2)12-4-3-7-11-5-6-18-7/h5-6H,3-4H2,1-2H3,(H,12,13,14,15). The first kappa shape index (κ1) is 12.5. The van der Waals surface area contributed by atoms with Crippen molar-refractivity contribution in [3.63, 3.8) is 0 Å². The van der Waals surface area contributed by atoms with Gasteiger partial charge in [-0.25, -0.2) is 4.98 Å². The van der Waals surface area contributed by atoms with E-state index in [0.29, 0.717) is 12.5 Å². The molecule has 0 saturated heterocycles. The lowest BCUT2D eigenvalue weighted by atomic mass is 10.4. The molecule has 0 aliphatic rings. The van der Waals surface area contributed by atoms with Crippen molar-refractivity contribution in [1.82, 2.24) is 19.9 Å². The molecule has 7 nitrogen and oxygen atoms in total. The molecule has 18 heavy (non-hydrogen) atoms. The average Bonchev–Trinajstić information content (AvgIpc) is 2.91. The van der Waals surface area contributed by atoms with Crippen LogP contribution in [-0.4, -0.2) is 40.7 Å². The van der Waals surface area contributed by atoms with E-state index in [1.54, 1.807) is 17.5 Å². The first-order valence-corrected chi connectivity index (χ1v) is 6.16. The van der Waals surface area contributed by atoms with Crippen molar-refractivity contribution in [3.8, 4) is 12.0 Å². The first-order valence-electron chi connectivity index (χ1n) is 5.28. The van der Waals surface area contributed by atoms with E-state index in [9.17, 15) is 0 Å². The smallest absolute Gasteiger partial charge is 0.324 e. The highest BCUT2D eigenvalue weighted by Gasteiger charge is 2.06. The van der Waals surface area contributed by atoms with Crippen LogP contribution in [0.5, 0.6) is 12.0 Å². The lowest BCUT2D eigenvalue weighted by molar-refractivity contribution is 0.341. The van der Waals surface area contributed by atoms with E-state index in [1.807, 2.05) is 5.38 Å². The summed E-state index contributed by atoms with van der Waals surface area (Å²) in [6.45, 7) is 0.684. The molecule has 0 atom stereocenters. The van der Waals surface area contributed by atoms with Crippen LogP contribution in [0.25, 0.3) is 0 Å². The summed E-state index contributed by atoms with van der Waals surface area (Å²) in [4.78, 5) is 16.2. The van der Waals surface area contributed by atoms with Gasteiger partial charge >= 0.3 is 12.0 Å². The van der Waals surface area contributed by atoms with Gasteiger partial charge in [-0.3, -0.25) is 0 Å². The maximum absolute atomic E-state index is 4.96. The molecule has 2 heterocycles. The third-order valence-corrected chi connectivity index (χ3v) is 2.90. The second-order valence-corrected chi connectivity index (χ2v) is 4.21. The highest BCUT2D eigenvalue weighted by Crippen LogP contribution is 2.12. The van der Waals surface area contributed by atoms with Crippen molar-refractivity contribution in [2.45, 2.75) is 6.42 Å². The molecule has 0 aliphatic heterocycles. The van der Waals surface area contributed by atoms with E-state index in [0.717, 1.165) is 11.4 Å².